The molecule has 1 aliphatic heterocycles. The predicted octanol–water partition coefficient (Wildman–Crippen LogP) is 1.76. The second-order valence-corrected chi connectivity index (χ2v) is 7.41. The molecule has 1 aliphatic rings. The summed E-state index contributed by atoms with van der Waals surface area (Å²) in [5, 5.41) is 4.22. The maximum atomic E-state index is 12.1. The molecule has 30 heavy (non-hydrogen) atoms. The first-order valence-corrected chi connectivity index (χ1v) is 9.69. The van der Waals surface area contributed by atoms with Crippen LogP contribution in [0.3, 0.4) is 0 Å². The number of rotatable bonds is 3. The number of methoxy groups -OCH3 is 1. The van der Waals surface area contributed by atoms with Gasteiger partial charge in [0.05, 0.1) is 7.11 Å². The van der Waals surface area contributed by atoms with Crippen LogP contribution in [0.15, 0.2) is 41.6 Å². The minimum atomic E-state index is -0.196. The monoisotopic (exact) mass is 403 g/mol. The summed E-state index contributed by atoms with van der Waals surface area (Å²) in [6.07, 6.45) is 6.33. The molecule has 9 nitrogen and oxygen atoms in total. The van der Waals surface area contributed by atoms with E-state index in [2.05, 4.69) is 31.0 Å². The van der Waals surface area contributed by atoms with E-state index in [9.17, 15) is 4.79 Å². The van der Waals surface area contributed by atoms with Crippen LogP contribution >= 0.6 is 0 Å². The Kier molecular flexibility index (Phi) is 4.23. The fourth-order valence-electron chi connectivity index (χ4n) is 3.85. The van der Waals surface area contributed by atoms with E-state index in [1.165, 1.54) is 9.08 Å². The highest BCUT2D eigenvalue weighted by molar-refractivity contribution is 5.63. The van der Waals surface area contributed by atoms with Crippen molar-refractivity contribution in [3.05, 3.63) is 64.1 Å². The third-order valence-corrected chi connectivity index (χ3v) is 5.44. The first-order valence-electron chi connectivity index (χ1n) is 9.69. The SMILES string of the molecule is COc1ccc(-c2cnc3c(c2)CN(c2nc4nn(C)c(=O)n4cc2C)CC3)cn1. The fourth-order valence-corrected chi connectivity index (χ4v) is 3.85. The molecule has 4 aromatic rings. The van der Waals surface area contributed by atoms with Crippen LogP contribution in [0.5, 0.6) is 5.88 Å². The van der Waals surface area contributed by atoms with Gasteiger partial charge < -0.3 is 9.64 Å². The van der Waals surface area contributed by atoms with E-state index in [4.69, 9.17) is 4.74 Å². The van der Waals surface area contributed by atoms with Crippen LogP contribution in [0.2, 0.25) is 0 Å². The molecule has 0 radical (unpaired) electrons. The number of aromatic nitrogens is 6. The van der Waals surface area contributed by atoms with Gasteiger partial charge in [0.2, 0.25) is 5.88 Å². The molecule has 0 aromatic carbocycles. The van der Waals surface area contributed by atoms with E-state index in [1.807, 2.05) is 25.3 Å². The molecule has 0 amide bonds. The highest BCUT2D eigenvalue weighted by atomic mass is 16.5. The molecule has 0 aliphatic carbocycles. The normalized spacial score (nSPS) is 13.5. The Morgan fingerprint density at radius 3 is 2.73 bits per heavy atom. The zero-order valence-corrected chi connectivity index (χ0v) is 17.0. The highest BCUT2D eigenvalue weighted by Crippen LogP contribution is 2.28. The van der Waals surface area contributed by atoms with E-state index in [0.29, 0.717) is 18.2 Å². The van der Waals surface area contributed by atoms with E-state index in [1.54, 1.807) is 26.6 Å². The number of ether oxygens (including phenoxy) is 1. The van der Waals surface area contributed by atoms with Crippen molar-refractivity contribution in [1.29, 1.82) is 0 Å². The van der Waals surface area contributed by atoms with Crippen LogP contribution in [0.4, 0.5) is 5.82 Å². The fraction of sp³-hybridized carbons (Fsp3) is 0.286. The first-order chi connectivity index (χ1) is 14.5. The molecule has 5 heterocycles. The standard InChI is InChI=1S/C21H21N7O2/c1-13-11-28-20(25-26(2)21(28)29)24-19(13)27-7-6-17-16(12-27)8-15(10-22-17)14-4-5-18(30-3)23-9-14/h4-5,8-11H,6-7,12H2,1-3H3. The van der Waals surface area contributed by atoms with Gasteiger partial charge >= 0.3 is 5.69 Å². The maximum absolute atomic E-state index is 12.1. The summed E-state index contributed by atoms with van der Waals surface area (Å²) in [4.78, 5) is 28.0. The van der Waals surface area contributed by atoms with Crippen LogP contribution in [-0.4, -0.2) is 42.8 Å². The van der Waals surface area contributed by atoms with Crippen molar-refractivity contribution in [2.75, 3.05) is 18.6 Å². The summed E-state index contributed by atoms with van der Waals surface area (Å²) in [5.41, 5.74) is 5.01. The molecule has 4 aromatic heterocycles. The van der Waals surface area contributed by atoms with Gasteiger partial charge in [0.25, 0.3) is 5.78 Å². The molecule has 0 bridgehead atoms. The van der Waals surface area contributed by atoms with Gasteiger partial charge in [-0.1, -0.05) is 0 Å². The summed E-state index contributed by atoms with van der Waals surface area (Å²) >= 11 is 0. The minimum absolute atomic E-state index is 0.196. The van der Waals surface area contributed by atoms with Crippen LogP contribution in [0.1, 0.15) is 16.8 Å². The second-order valence-electron chi connectivity index (χ2n) is 7.41. The summed E-state index contributed by atoms with van der Waals surface area (Å²) in [6.45, 7) is 3.47. The lowest BCUT2D eigenvalue weighted by Crippen LogP contribution is -2.32. The summed E-state index contributed by atoms with van der Waals surface area (Å²) in [7, 11) is 3.23. The zero-order valence-electron chi connectivity index (χ0n) is 17.0. The second kappa shape index (κ2) is 6.94. The number of pyridine rings is 2. The lowest BCUT2D eigenvalue weighted by atomic mass is 10.0. The highest BCUT2D eigenvalue weighted by Gasteiger charge is 2.22. The molecular weight excluding hydrogens is 382 g/mol. The number of nitrogens with zero attached hydrogens (tertiary/aromatic N) is 7. The Morgan fingerprint density at radius 1 is 1.13 bits per heavy atom. The van der Waals surface area contributed by atoms with Crippen molar-refractivity contribution in [3.63, 3.8) is 0 Å². The van der Waals surface area contributed by atoms with E-state index in [-0.39, 0.29) is 5.69 Å². The molecule has 0 unspecified atom stereocenters. The summed E-state index contributed by atoms with van der Waals surface area (Å²) in [5.74, 6) is 1.83. The van der Waals surface area contributed by atoms with Crippen molar-refractivity contribution < 1.29 is 4.74 Å². The zero-order chi connectivity index (χ0) is 20.8. The number of hydrogen-bond acceptors (Lipinski definition) is 7. The van der Waals surface area contributed by atoms with Crippen molar-refractivity contribution in [2.45, 2.75) is 19.9 Å². The van der Waals surface area contributed by atoms with Gasteiger partial charge in [0, 0.05) is 73.6 Å². The van der Waals surface area contributed by atoms with Gasteiger partial charge in [-0.25, -0.2) is 18.9 Å². The molecule has 0 saturated carbocycles. The van der Waals surface area contributed by atoms with Gasteiger partial charge in [-0.3, -0.25) is 4.98 Å². The Labute approximate surface area is 172 Å². The Morgan fingerprint density at radius 2 is 1.97 bits per heavy atom. The van der Waals surface area contributed by atoms with Crippen molar-refractivity contribution in [3.8, 4) is 17.0 Å². The Bertz CT molecular complexity index is 1310. The molecule has 0 spiro atoms. The number of hydrogen-bond donors (Lipinski definition) is 0. The van der Waals surface area contributed by atoms with Crippen molar-refractivity contribution in [2.24, 2.45) is 7.05 Å². The molecule has 0 fully saturated rings. The smallest absolute Gasteiger partial charge is 0.351 e. The molecule has 0 saturated heterocycles. The summed E-state index contributed by atoms with van der Waals surface area (Å²) in [6, 6.07) is 5.99. The largest absolute Gasteiger partial charge is 0.481 e. The van der Waals surface area contributed by atoms with Crippen LogP contribution in [0, 0.1) is 6.92 Å². The van der Waals surface area contributed by atoms with E-state index >= 15 is 0 Å². The third kappa shape index (κ3) is 2.99. The lowest BCUT2D eigenvalue weighted by molar-refractivity contribution is 0.398. The van der Waals surface area contributed by atoms with E-state index < -0.39 is 0 Å². The van der Waals surface area contributed by atoms with Gasteiger partial charge in [-0.15, -0.1) is 5.10 Å². The van der Waals surface area contributed by atoms with Gasteiger partial charge in [-0.2, -0.15) is 4.98 Å². The average molecular weight is 403 g/mol. The molecule has 9 heteroatoms. The topological polar surface area (TPSA) is 90.4 Å². The van der Waals surface area contributed by atoms with Gasteiger partial charge in [0.15, 0.2) is 0 Å². The Hall–Kier alpha value is -3.75. The molecule has 0 atom stereocenters. The number of anilines is 1. The van der Waals surface area contributed by atoms with Gasteiger partial charge in [0.1, 0.15) is 5.82 Å². The van der Waals surface area contributed by atoms with Crippen LogP contribution in [-0.2, 0) is 20.0 Å². The number of fused-ring (bicyclic) bond motifs is 2. The molecular formula is C21H21N7O2. The van der Waals surface area contributed by atoms with E-state index in [0.717, 1.165) is 46.7 Å². The molecule has 0 N–H and O–H groups in total. The van der Waals surface area contributed by atoms with Gasteiger partial charge in [-0.05, 0) is 24.6 Å². The summed E-state index contributed by atoms with van der Waals surface area (Å²) < 4.78 is 7.92. The quantitative estimate of drug-likeness (QED) is 0.515. The third-order valence-electron chi connectivity index (χ3n) is 5.44. The van der Waals surface area contributed by atoms with Crippen LogP contribution in [0.25, 0.3) is 16.9 Å². The Balaban J connectivity index is 1.49. The number of aryl methyl sites for hydroxylation is 2. The van der Waals surface area contributed by atoms with Crippen LogP contribution < -0.4 is 15.3 Å². The lowest BCUT2D eigenvalue weighted by Gasteiger charge is -2.30. The average Bonchev–Trinajstić information content (AvgIpc) is 3.05. The predicted molar refractivity (Wildman–Crippen MR) is 112 cm³/mol. The first kappa shape index (κ1) is 18.3. The van der Waals surface area contributed by atoms with Crippen molar-refractivity contribution >= 4 is 11.6 Å². The maximum Gasteiger partial charge on any atom is 0.351 e. The molecule has 152 valence electrons. The van der Waals surface area contributed by atoms with Crippen molar-refractivity contribution in [1.82, 2.24) is 29.1 Å². The molecule has 5 rings (SSSR count). The minimum Gasteiger partial charge on any atom is -0.481 e.